The van der Waals surface area contributed by atoms with Gasteiger partial charge < -0.3 is 10.5 Å². The minimum Gasteiger partial charge on any atom is -0.493 e. The van der Waals surface area contributed by atoms with E-state index in [1.54, 1.807) is 13.3 Å². The third-order valence-corrected chi connectivity index (χ3v) is 4.31. The van der Waals surface area contributed by atoms with Gasteiger partial charge >= 0.3 is 0 Å². The van der Waals surface area contributed by atoms with Crippen LogP contribution in [0.15, 0.2) is 24.4 Å². The summed E-state index contributed by atoms with van der Waals surface area (Å²) in [6.07, 6.45) is 2.69. The first-order chi connectivity index (χ1) is 9.58. The van der Waals surface area contributed by atoms with Gasteiger partial charge in [-0.3, -0.25) is 4.68 Å². The lowest BCUT2D eigenvalue weighted by molar-refractivity contribution is 0.404. The van der Waals surface area contributed by atoms with Gasteiger partial charge in [-0.1, -0.05) is 18.5 Å². The van der Waals surface area contributed by atoms with Crippen molar-refractivity contribution >= 4 is 34.2 Å². The molecular weight excluding hydrogens is 389 g/mol. The largest absolute Gasteiger partial charge is 0.493 e. The maximum absolute atomic E-state index is 6.43. The average molecular weight is 406 g/mol. The average Bonchev–Trinajstić information content (AvgIpc) is 2.84. The molecule has 0 aliphatic heterocycles. The summed E-state index contributed by atoms with van der Waals surface area (Å²) in [7, 11) is 1.63. The molecule has 2 aromatic rings. The number of nitrogens with zero attached hydrogens (tertiary/aromatic N) is 2. The van der Waals surface area contributed by atoms with Crippen LogP contribution in [-0.2, 0) is 6.54 Å². The molecule has 2 N–H and O–H groups in total. The molecule has 0 radical (unpaired) electrons. The fourth-order valence-electron chi connectivity index (χ4n) is 2.14. The highest BCUT2D eigenvalue weighted by atomic mass is 127. The zero-order valence-corrected chi connectivity index (χ0v) is 14.4. The molecule has 0 bridgehead atoms. The van der Waals surface area contributed by atoms with E-state index in [-0.39, 0.29) is 6.04 Å². The molecule has 0 aliphatic rings. The van der Waals surface area contributed by atoms with Crippen molar-refractivity contribution in [2.45, 2.75) is 25.9 Å². The van der Waals surface area contributed by atoms with E-state index in [1.807, 2.05) is 22.9 Å². The number of hydrogen-bond acceptors (Lipinski definition) is 3. The number of ether oxygens (including phenoxy) is 1. The molecule has 1 heterocycles. The highest BCUT2D eigenvalue weighted by Gasteiger charge is 2.22. The van der Waals surface area contributed by atoms with Crippen molar-refractivity contribution < 1.29 is 4.74 Å². The van der Waals surface area contributed by atoms with Crippen LogP contribution in [0.2, 0.25) is 5.02 Å². The van der Waals surface area contributed by atoms with Crippen LogP contribution in [0.25, 0.3) is 0 Å². The SMILES string of the molecule is CCCn1ncc(OC)c1C(N)c1cc(Cl)ccc1I. The van der Waals surface area contributed by atoms with Crippen molar-refractivity contribution in [2.75, 3.05) is 7.11 Å². The summed E-state index contributed by atoms with van der Waals surface area (Å²) < 4.78 is 8.36. The van der Waals surface area contributed by atoms with E-state index in [0.29, 0.717) is 10.8 Å². The molecule has 0 spiro atoms. The number of halogens is 2. The summed E-state index contributed by atoms with van der Waals surface area (Å²) in [5.41, 5.74) is 8.30. The smallest absolute Gasteiger partial charge is 0.161 e. The number of hydrogen-bond donors (Lipinski definition) is 1. The van der Waals surface area contributed by atoms with Gasteiger partial charge in [0.1, 0.15) is 5.69 Å². The lowest BCUT2D eigenvalue weighted by Gasteiger charge is -2.17. The first kappa shape index (κ1) is 15.6. The van der Waals surface area contributed by atoms with Gasteiger partial charge in [0.25, 0.3) is 0 Å². The summed E-state index contributed by atoms with van der Waals surface area (Å²) in [5, 5.41) is 5.03. The minimum atomic E-state index is -0.315. The van der Waals surface area contributed by atoms with Crippen LogP contribution >= 0.6 is 34.2 Å². The van der Waals surface area contributed by atoms with Crippen molar-refractivity contribution in [1.29, 1.82) is 0 Å². The molecule has 0 saturated carbocycles. The van der Waals surface area contributed by atoms with E-state index in [0.717, 1.165) is 27.8 Å². The molecule has 1 aromatic carbocycles. The van der Waals surface area contributed by atoms with Crippen molar-refractivity contribution in [3.63, 3.8) is 0 Å². The monoisotopic (exact) mass is 405 g/mol. The van der Waals surface area contributed by atoms with Gasteiger partial charge in [-0.15, -0.1) is 0 Å². The second kappa shape index (κ2) is 6.78. The zero-order valence-electron chi connectivity index (χ0n) is 11.4. The van der Waals surface area contributed by atoms with Gasteiger partial charge in [-0.2, -0.15) is 5.10 Å². The molecule has 1 unspecified atom stereocenters. The summed E-state index contributed by atoms with van der Waals surface area (Å²) >= 11 is 8.35. The number of aromatic nitrogens is 2. The normalized spacial score (nSPS) is 12.4. The number of rotatable bonds is 5. The Morgan fingerprint density at radius 1 is 1.50 bits per heavy atom. The van der Waals surface area contributed by atoms with Crippen LogP contribution in [-0.4, -0.2) is 16.9 Å². The fourth-order valence-corrected chi connectivity index (χ4v) is 2.99. The van der Waals surface area contributed by atoms with E-state index in [2.05, 4.69) is 34.6 Å². The number of benzene rings is 1. The summed E-state index contributed by atoms with van der Waals surface area (Å²) in [5.74, 6) is 0.710. The van der Waals surface area contributed by atoms with Crippen LogP contribution in [0.1, 0.15) is 30.6 Å². The standard InChI is InChI=1S/C14H17ClIN3O/c1-3-6-19-14(12(20-2)8-18-19)13(17)10-7-9(15)4-5-11(10)16/h4-5,7-8,13H,3,6,17H2,1-2H3. The lowest BCUT2D eigenvalue weighted by atomic mass is 10.0. The summed E-state index contributed by atoms with van der Waals surface area (Å²) in [6, 6.07) is 5.41. The number of methoxy groups -OCH3 is 1. The zero-order chi connectivity index (χ0) is 14.7. The van der Waals surface area contributed by atoms with Gasteiger partial charge in [-0.05, 0) is 52.8 Å². The Balaban J connectivity index is 2.48. The van der Waals surface area contributed by atoms with E-state index in [4.69, 9.17) is 22.1 Å². The Kier molecular flexibility index (Phi) is 5.29. The maximum Gasteiger partial charge on any atom is 0.161 e. The number of nitrogens with two attached hydrogens (primary N) is 1. The van der Waals surface area contributed by atoms with Gasteiger partial charge in [0.15, 0.2) is 5.75 Å². The highest BCUT2D eigenvalue weighted by molar-refractivity contribution is 14.1. The molecule has 0 aliphatic carbocycles. The fraction of sp³-hybridized carbons (Fsp3) is 0.357. The molecule has 6 heteroatoms. The first-order valence-corrected chi connectivity index (χ1v) is 7.84. The molecule has 0 fully saturated rings. The Labute approximate surface area is 137 Å². The van der Waals surface area contributed by atoms with E-state index < -0.39 is 0 Å². The predicted molar refractivity (Wildman–Crippen MR) is 89.3 cm³/mol. The summed E-state index contributed by atoms with van der Waals surface area (Å²) in [4.78, 5) is 0. The lowest BCUT2D eigenvalue weighted by Crippen LogP contribution is -2.19. The van der Waals surface area contributed by atoms with E-state index >= 15 is 0 Å². The molecule has 0 saturated heterocycles. The second-order valence-electron chi connectivity index (χ2n) is 4.46. The molecule has 108 valence electrons. The molecule has 0 amide bonds. The molecule has 2 rings (SSSR count). The minimum absolute atomic E-state index is 0.315. The molecular formula is C14H17ClIN3O. The Bertz CT molecular complexity index is 600. The Morgan fingerprint density at radius 3 is 2.90 bits per heavy atom. The van der Waals surface area contributed by atoms with E-state index in [1.165, 1.54) is 0 Å². The van der Waals surface area contributed by atoms with Gasteiger partial charge in [0.2, 0.25) is 0 Å². The third-order valence-electron chi connectivity index (χ3n) is 3.09. The van der Waals surface area contributed by atoms with Crippen LogP contribution in [0.3, 0.4) is 0 Å². The van der Waals surface area contributed by atoms with Gasteiger partial charge in [-0.25, -0.2) is 0 Å². The summed E-state index contributed by atoms with van der Waals surface area (Å²) in [6.45, 7) is 2.91. The quantitative estimate of drug-likeness (QED) is 0.773. The first-order valence-electron chi connectivity index (χ1n) is 6.38. The van der Waals surface area contributed by atoms with Crippen molar-refractivity contribution in [1.82, 2.24) is 9.78 Å². The van der Waals surface area contributed by atoms with Crippen LogP contribution in [0.4, 0.5) is 0 Å². The third kappa shape index (κ3) is 3.10. The Hall–Kier alpha value is -0.790. The van der Waals surface area contributed by atoms with Gasteiger partial charge in [0, 0.05) is 15.1 Å². The maximum atomic E-state index is 6.43. The number of aryl methyl sites for hydroxylation is 1. The Morgan fingerprint density at radius 2 is 2.25 bits per heavy atom. The molecule has 1 aromatic heterocycles. The van der Waals surface area contributed by atoms with Crippen LogP contribution in [0, 0.1) is 3.57 Å². The van der Waals surface area contributed by atoms with Crippen molar-refractivity contribution in [3.8, 4) is 5.75 Å². The topological polar surface area (TPSA) is 53.1 Å². The molecule has 1 atom stereocenters. The van der Waals surface area contributed by atoms with E-state index in [9.17, 15) is 0 Å². The highest BCUT2D eigenvalue weighted by Crippen LogP contribution is 2.32. The van der Waals surface area contributed by atoms with Crippen LogP contribution in [0.5, 0.6) is 5.75 Å². The second-order valence-corrected chi connectivity index (χ2v) is 6.06. The van der Waals surface area contributed by atoms with Crippen molar-refractivity contribution in [2.24, 2.45) is 5.73 Å². The molecule has 4 nitrogen and oxygen atoms in total. The predicted octanol–water partition coefficient (Wildman–Crippen LogP) is 3.61. The van der Waals surface area contributed by atoms with Crippen molar-refractivity contribution in [3.05, 3.63) is 44.2 Å². The molecule has 20 heavy (non-hydrogen) atoms. The van der Waals surface area contributed by atoms with Crippen LogP contribution < -0.4 is 10.5 Å². The van der Waals surface area contributed by atoms with Gasteiger partial charge in [0.05, 0.1) is 19.3 Å².